The van der Waals surface area contributed by atoms with Gasteiger partial charge < -0.3 is 19.3 Å². The highest BCUT2D eigenvalue weighted by molar-refractivity contribution is 7.92. The molecule has 0 aliphatic carbocycles. The van der Waals surface area contributed by atoms with Gasteiger partial charge in [-0.2, -0.15) is 8.78 Å². The molecule has 2 N–H and O–H groups in total. The molecule has 0 radical (unpaired) electrons. The summed E-state index contributed by atoms with van der Waals surface area (Å²) in [5, 5.41) is 9.23. The number of esters is 1. The molecule has 0 spiro atoms. The van der Waals surface area contributed by atoms with Crippen molar-refractivity contribution in [3.8, 4) is 11.5 Å². The summed E-state index contributed by atoms with van der Waals surface area (Å²) >= 11 is 0. The Morgan fingerprint density at radius 1 is 1.06 bits per heavy atom. The molecule has 2 aromatic rings. The molecule has 0 saturated heterocycles. The zero-order valence-electron chi connectivity index (χ0n) is 16.9. The van der Waals surface area contributed by atoms with Crippen LogP contribution in [0.5, 0.6) is 11.5 Å². The molecular formula is C19H19F2NO8S. The number of benzene rings is 2. The number of aromatic carboxylic acids is 1. The van der Waals surface area contributed by atoms with Gasteiger partial charge >= 0.3 is 18.6 Å². The number of rotatable bonds is 8. The number of alkyl halides is 2. The Bertz CT molecular complexity index is 1130. The number of ether oxygens (including phenoxy) is 3. The fourth-order valence-electron chi connectivity index (χ4n) is 2.70. The van der Waals surface area contributed by atoms with E-state index in [9.17, 15) is 31.9 Å². The molecule has 0 aliphatic heterocycles. The highest BCUT2D eigenvalue weighted by atomic mass is 32.2. The quantitative estimate of drug-likeness (QED) is 0.576. The normalized spacial score (nSPS) is 11.2. The molecule has 0 saturated carbocycles. The summed E-state index contributed by atoms with van der Waals surface area (Å²) in [6.45, 7) is -0.252. The molecule has 0 aliphatic rings. The third-order valence-corrected chi connectivity index (χ3v) is 5.82. The topological polar surface area (TPSA) is 128 Å². The lowest BCUT2D eigenvalue weighted by atomic mass is 10.1. The van der Waals surface area contributed by atoms with Crippen LogP contribution in [0.4, 0.5) is 14.5 Å². The number of hydrogen-bond donors (Lipinski definition) is 2. The third kappa shape index (κ3) is 5.20. The average Bonchev–Trinajstić information content (AvgIpc) is 2.68. The van der Waals surface area contributed by atoms with E-state index in [1.807, 2.05) is 0 Å². The number of carbonyl (C=O) groups excluding carboxylic acids is 1. The number of hydrogen-bond acceptors (Lipinski definition) is 7. The number of sulfonamides is 1. The van der Waals surface area contributed by atoms with Gasteiger partial charge in [-0.05, 0) is 37.1 Å². The molecule has 0 amide bonds. The second-order valence-electron chi connectivity index (χ2n) is 6.25. The number of carbonyl (C=O) groups is 2. The minimum atomic E-state index is -4.46. The second kappa shape index (κ2) is 9.16. The predicted octanol–water partition coefficient (Wildman–Crippen LogP) is 3.20. The van der Waals surface area contributed by atoms with Crippen LogP contribution < -0.4 is 14.2 Å². The fourth-order valence-corrected chi connectivity index (χ4v) is 4.11. The lowest BCUT2D eigenvalue weighted by molar-refractivity contribution is -0.0511. The van der Waals surface area contributed by atoms with Gasteiger partial charge in [-0.25, -0.2) is 18.0 Å². The minimum Gasteiger partial charge on any atom is -0.493 e. The summed E-state index contributed by atoms with van der Waals surface area (Å²) in [6.07, 6.45) is 0. The third-order valence-electron chi connectivity index (χ3n) is 4.33. The molecule has 12 heteroatoms. The molecule has 2 rings (SSSR count). The van der Waals surface area contributed by atoms with Crippen LogP contribution in [0.25, 0.3) is 0 Å². The number of anilines is 1. The van der Waals surface area contributed by atoms with E-state index in [4.69, 9.17) is 4.74 Å². The number of carboxylic acid groups (broad SMARTS) is 1. The first-order valence-electron chi connectivity index (χ1n) is 8.53. The molecule has 0 bridgehead atoms. The van der Waals surface area contributed by atoms with Gasteiger partial charge in [0.1, 0.15) is 0 Å². The summed E-state index contributed by atoms with van der Waals surface area (Å²) in [7, 11) is -2.27. The maximum absolute atomic E-state index is 13.0. The largest absolute Gasteiger partial charge is 0.493 e. The summed E-state index contributed by atoms with van der Waals surface area (Å²) in [5.74, 6) is -3.11. The van der Waals surface area contributed by atoms with Gasteiger partial charge in [-0.1, -0.05) is 0 Å². The highest BCUT2D eigenvalue weighted by Crippen LogP contribution is 2.36. The molecule has 168 valence electrons. The molecule has 0 heterocycles. The van der Waals surface area contributed by atoms with Gasteiger partial charge in [-0.3, -0.25) is 4.72 Å². The Morgan fingerprint density at radius 2 is 1.71 bits per heavy atom. The highest BCUT2D eigenvalue weighted by Gasteiger charge is 2.26. The van der Waals surface area contributed by atoms with Crippen molar-refractivity contribution < 1.29 is 46.1 Å². The molecule has 9 nitrogen and oxygen atoms in total. The number of nitrogens with one attached hydrogen (secondary N) is 1. The van der Waals surface area contributed by atoms with Crippen LogP contribution in [0, 0.1) is 13.8 Å². The van der Waals surface area contributed by atoms with Crippen LogP contribution in [-0.4, -0.2) is 46.3 Å². The minimum absolute atomic E-state index is 0.259. The van der Waals surface area contributed by atoms with Gasteiger partial charge in [0.2, 0.25) is 0 Å². The first kappa shape index (κ1) is 23.9. The SMILES string of the molecule is COC(=O)c1cc(OC)c(OC(F)F)cc1NS(=O)(=O)c1cc(C(=O)O)cc(C)c1C. The molecule has 0 atom stereocenters. The Labute approximate surface area is 176 Å². The van der Waals surface area contributed by atoms with E-state index in [1.54, 1.807) is 0 Å². The van der Waals surface area contributed by atoms with Gasteiger partial charge in [0.05, 0.1) is 35.9 Å². The van der Waals surface area contributed by atoms with E-state index >= 15 is 0 Å². The van der Waals surface area contributed by atoms with Crippen LogP contribution in [0.3, 0.4) is 0 Å². The van der Waals surface area contributed by atoms with E-state index in [0.29, 0.717) is 5.56 Å². The Balaban J connectivity index is 2.68. The van der Waals surface area contributed by atoms with Crippen molar-refractivity contribution >= 4 is 27.6 Å². The van der Waals surface area contributed by atoms with Crippen LogP contribution in [0.1, 0.15) is 31.8 Å². The Morgan fingerprint density at radius 3 is 2.23 bits per heavy atom. The monoisotopic (exact) mass is 459 g/mol. The second-order valence-corrected chi connectivity index (χ2v) is 7.90. The van der Waals surface area contributed by atoms with Crippen molar-refractivity contribution in [2.24, 2.45) is 0 Å². The van der Waals surface area contributed by atoms with E-state index in [1.165, 1.54) is 19.9 Å². The molecule has 0 unspecified atom stereocenters. The van der Waals surface area contributed by atoms with Crippen molar-refractivity contribution in [2.45, 2.75) is 25.4 Å². The first-order chi connectivity index (χ1) is 14.4. The van der Waals surface area contributed by atoms with Gasteiger partial charge in [0, 0.05) is 12.1 Å². The maximum atomic E-state index is 13.0. The summed E-state index contributed by atoms with van der Waals surface area (Å²) in [6, 6.07) is 4.08. The molecule has 31 heavy (non-hydrogen) atoms. The van der Waals surface area contributed by atoms with Gasteiger partial charge in [0.15, 0.2) is 11.5 Å². The average molecular weight is 459 g/mol. The van der Waals surface area contributed by atoms with E-state index in [-0.39, 0.29) is 27.3 Å². The summed E-state index contributed by atoms with van der Waals surface area (Å²) < 4.78 is 67.5. The van der Waals surface area contributed by atoms with Crippen LogP contribution in [-0.2, 0) is 14.8 Å². The van der Waals surface area contributed by atoms with Crippen LogP contribution in [0.2, 0.25) is 0 Å². The van der Waals surface area contributed by atoms with E-state index < -0.39 is 40.0 Å². The lowest BCUT2D eigenvalue weighted by Gasteiger charge is -2.17. The van der Waals surface area contributed by atoms with E-state index in [0.717, 1.165) is 32.4 Å². The van der Waals surface area contributed by atoms with Crippen LogP contribution >= 0.6 is 0 Å². The van der Waals surface area contributed by atoms with Crippen LogP contribution in [0.15, 0.2) is 29.2 Å². The standard InChI is InChI=1S/C19H19F2NO8S/c1-9-5-11(17(23)24)6-16(10(9)2)31(26,27)22-13-8-15(30-19(20)21)14(28-3)7-12(13)18(25)29-4/h5-8,19,22H,1-4H3,(H,23,24). The maximum Gasteiger partial charge on any atom is 0.387 e. The van der Waals surface area contributed by atoms with Crippen molar-refractivity contribution in [3.63, 3.8) is 0 Å². The predicted molar refractivity (Wildman–Crippen MR) is 105 cm³/mol. The lowest BCUT2D eigenvalue weighted by Crippen LogP contribution is -2.19. The van der Waals surface area contributed by atoms with Crippen molar-refractivity contribution in [1.82, 2.24) is 0 Å². The number of carboxylic acids is 1. The Kier molecular flexibility index (Phi) is 7.05. The molecule has 0 fully saturated rings. The first-order valence-corrected chi connectivity index (χ1v) is 10.0. The Hall–Kier alpha value is -3.41. The number of aryl methyl sites for hydroxylation is 1. The molecular weight excluding hydrogens is 440 g/mol. The van der Waals surface area contributed by atoms with Gasteiger partial charge in [-0.15, -0.1) is 0 Å². The summed E-state index contributed by atoms with van der Waals surface area (Å²) in [5.41, 5.74) is -0.387. The number of halogens is 2. The van der Waals surface area contributed by atoms with Crippen molar-refractivity contribution in [3.05, 3.63) is 46.5 Å². The van der Waals surface area contributed by atoms with E-state index in [2.05, 4.69) is 14.2 Å². The smallest absolute Gasteiger partial charge is 0.387 e. The molecule has 2 aromatic carbocycles. The molecule has 0 aromatic heterocycles. The zero-order chi connectivity index (χ0) is 23.5. The van der Waals surface area contributed by atoms with Gasteiger partial charge in [0.25, 0.3) is 10.0 Å². The van der Waals surface area contributed by atoms with Crippen molar-refractivity contribution in [2.75, 3.05) is 18.9 Å². The number of methoxy groups -OCH3 is 2. The fraction of sp³-hybridized carbons (Fsp3) is 0.263. The summed E-state index contributed by atoms with van der Waals surface area (Å²) in [4.78, 5) is 23.1. The van der Waals surface area contributed by atoms with Crippen molar-refractivity contribution in [1.29, 1.82) is 0 Å². The zero-order valence-corrected chi connectivity index (χ0v) is 17.7.